The van der Waals surface area contributed by atoms with Gasteiger partial charge in [0.25, 0.3) is 0 Å². The monoisotopic (exact) mass is 326 g/mol. The molecule has 22 heavy (non-hydrogen) atoms. The molecule has 1 fully saturated rings. The number of aryl methyl sites for hydroxylation is 1. The lowest BCUT2D eigenvalue weighted by molar-refractivity contribution is -0.122. The minimum Gasteiger partial charge on any atom is -0.491 e. The smallest absolute Gasteiger partial charge is 0.240 e. The number of amides is 1. The second kappa shape index (κ2) is 7.11. The quantitative estimate of drug-likeness (QED) is 0.703. The van der Waals surface area contributed by atoms with Gasteiger partial charge in [-0.2, -0.15) is 0 Å². The summed E-state index contributed by atoms with van der Waals surface area (Å²) in [5, 5.41) is 2.82. The van der Waals surface area contributed by atoms with Crippen LogP contribution in [0.15, 0.2) is 23.1 Å². The third-order valence-electron chi connectivity index (χ3n) is 3.40. The second-order valence-electron chi connectivity index (χ2n) is 5.34. The number of carbonyl (C=O) groups is 1. The average molecular weight is 326 g/mol. The van der Waals surface area contributed by atoms with Crippen LogP contribution in [0.4, 0.5) is 0 Å². The number of sulfonamides is 1. The number of hydrogen-bond acceptors (Lipinski definition) is 4. The molecule has 122 valence electrons. The largest absolute Gasteiger partial charge is 0.491 e. The van der Waals surface area contributed by atoms with E-state index in [4.69, 9.17) is 4.74 Å². The van der Waals surface area contributed by atoms with Crippen molar-refractivity contribution >= 4 is 15.9 Å². The predicted molar refractivity (Wildman–Crippen MR) is 83.3 cm³/mol. The van der Waals surface area contributed by atoms with Crippen molar-refractivity contribution in [3.63, 3.8) is 0 Å². The number of hydrogen-bond donors (Lipinski definition) is 2. The summed E-state index contributed by atoms with van der Waals surface area (Å²) in [5.41, 5.74) is 0.743. The molecule has 0 aliphatic heterocycles. The SMILES string of the molecule is CCNS(=O)(=O)c1ccc(OCCNC(=O)C2CC2)c(C)c1. The van der Waals surface area contributed by atoms with Gasteiger partial charge in [0.05, 0.1) is 11.4 Å². The summed E-state index contributed by atoms with van der Waals surface area (Å²) in [6, 6.07) is 4.74. The van der Waals surface area contributed by atoms with Crippen LogP contribution >= 0.6 is 0 Å². The molecule has 2 N–H and O–H groups in total. The zero-order valence-electron chi connectivity index (χ0n) is 12.9. The van der Waals surface area contributed by atoms with Crippen molar-refractivity contribution in [1.29, 1.82) is 0 Å². The van der Waals surface area contributed by atoms with Gasteiger partial charge in [0.15, 0.2) is 0 Å². The Kier molecular flexibility index (Phi) is 5.42. The van der Waals surface area contributed by atoms with Crippen LogP contribution in [0.1, 0.15) is 25.3 Å². The Morgan fingerprint density at radius 3 is 2.68 bits per heavy atom. The van der Waals surface area contributed by atoms with Crippen LogP contribution < -0.4 is 14.8 Å². The van der Waals surface area contributed by atoms with E-state index in [9.17, 15) is 13.2 Å². The normalized spacial score (nSPS) is 14.6. The molecular formula is C15H22N2O4S. The summed E-state index contributed by atoms with van der Waals surface area (Å²) in [6.07, 6.45) is 1.96. The summed E-state index contributed by atoms with van der Waals surface area (Å²) in [4.78, 5) is 11.7. The van der Waals surface area contributed by atoms with Gasteiger partial charge in [-0.25, -0.2) is 13.1 Å². The molecule has 1 aromatic rings. The van der Waals surface area contributed by atoms with Crippen molar-refractivity contribution in [1.82, 2.24) is 10.0 Å². The van der Waals surface area contributed by atoms with Crippen LogP contribution in [-0.2, 0) is 14.8 Å². The van der Waals surface area contributed by atoms with E-state index in [0.717, 1.165) is 18.4 Å². The first-order valence-electron chi connectivity index (χ1n) is 7.45. The zero-order chi connectivity index (χ0) is 16.2. The van der Waals surface area contributed by atoms with E-state index in [2.05, 4.69) is 10.0 Å². The van der Waals surface area contributed by atoms with Crippen molar-refractivity contribution in [2.24, 2.45) is 5.92 Å². The average Bonchev–Trinajstić information content (AvgIpc) is 3.29. The highest BCUT2D eigenvalue weighted by Gasteiger charge is 2.29. The topological polar surface area (TPSA) is 84.5 Å². The highest BCUT2D eigenvalue weighted by Crippen LogP contribution is 2.28. The Balaban J connectivity index is 1.88. The Bertz CT molecular complexity index is 639. The molecule has 1 aliphatic carbocycles. The van der Waals surface area contributed by atoms with Gasteiger partial charge in [0, 0.05) is 12.5 Å². The molecule has 0 spiro atoms. The maximum absolute atomic E-state index is 11.9. The molecule has 2 rings (SSSR count). The lowest BCUT2D eigenvalue weighted by Crippen LogP contribution is -2.29. The van der Waals surface area contributed by atoms with E-state index >= 15 is 0 Å². The molecule has 7 heteroatoms. The summed E-state index contributed by atoms with van der Waals surface area (Å²) >= 11 is 0. The maximum atomic E-state index is 11.9. The number of rotatable bonds is 8. The Hall–Kier alpha value is -1.60. The number of nitrogens with one attached hydrogen (secondary N) is 2. The van der Waals surface area contributed by atoms with Crippen molar-refractivity contribution in [3.05, 3.63) is 23.8 Å². The number of benzene rings is 1. The van der Waals surface area contributed by atoms with Gasteiger partial charge in [-0.3, -0.25) is 4.79 Å². The third kappa shape index (κ3) is 4.45. The number of carbonyl (C=O) groups excluding carboxylic acids is 1. The fraction of sp³-hybridized carbons (Fsp3) is 0.533. The van der Waals surface area contributed by atoms with Crippen LogP contribution in [-0.4, -0.2) is 34.0 Å². The van der Waals surface area contributed by atoms with Crippen LogP contribution in [0.5, 0.6) is 5.75 Å². The molecule has 0 heterocycles. The minimum atomic E-state index is -3.45. The molecule has 1 aliphatic rings. The van der Waals surface area contributed by atoms with Crippen molar-refractivity contribution < 1.29 is 17.9 Å². The minimum absolute atomic E-state index is 0.0902. The van der Waals surface area contributed by atoms with E-state index < -0.39 is 10.0 Å². The van der Waals surface area contributed by atoms with Gasteiger partial charge in [0.1, 0.15) is 12.4 Å². The summed E-state index contributed by atoms with van der Waals surface area (Å²) in [6.45, 7) is 4.69. The molecule has 6 nitrogen and oxygen atoms in total. The van der Waals surface area contributed by atoms with Crippen LogP contribution in [0.3, 0.4) is 0 Å². The molecule has 1 aromatic carbocycles. The van der Waals surface area contributed by atoms with Crippen LogP contribution in [0.25, 0.3) is 0 Å². The van der Waals surface area contributed by atoms with Crippen LogP contribution in [0, 0.1) is 12.8 Å². The molecule has 0 bridgehead atoms. The van der Waals surface area contributed by atoms with E-state index in [0.29, 0.717) is 25.4 Å². The molecule has 0 aromatic heterocycles. The van der Waals surface area contributed by atoms with Gasteiger partial charge >= 0.3 is 0 Å². The first-order chi connectivity index (χ1) is 10.4. The highest BCUT2D eigenvalue weighted by molar-refractivity contribution is 7.89. The van der Waals surface area contributed by atoms with Gasteiger partial charge in [-0.05, 0) is 43.5 Å². The molecule has 0 atom stereocenters. The standard InChI is InChI=1S/C15H22N2O4S/c1-3-17-22(19,20)13-6-7-14(11(2)10-13)21-9-8-16-15(18)12-4-5-12/h6-7,10,12,17H,3-5,8-9H2,1-2H3,(H,16,18). The lowest BCUT2D eigenvalue weighted by atomic mass is 10.2. The van der Waals surface area contributed by atoms with Crippen molar-refractivity contribution in [2.45, 2.75) is 31.6 Å². The maximum Gasteiger partial charge on any atom is 0.240 e. The van der Waals surface area contributed by atoms with E-state index in [-0.39, 0.29) is 16.7 Å². The van der Waals surface area contributed by atoms with Crippen molar-refractivity contribution in [2.75, 3.05) is 19.7 Å². The Morgan fingerprint density at radius 2 is 2.09 bits per heavy atom. The molecule has 0 unspecified atom stereocenters. The Morgan fingerprint density at radius 1 is 1.36 bits per heavy atom. The number of ether oxygens (including phenoxy) is 1. The Labute approximate surface area is 131 Å². The lowest BCUT2D eigenvalue weighted by Gasteiger charge is -2.11. The zero-order valence-corrected chi connectivity index (χ0v) is 13.7. The van der Waals surface area contributed by atoms with Crippen LogP contribution in [0.2, 0.25) is 0 Å². The molecule has 0 saturated heterocycles. The molecule has 0 radical (unpaired) electrons. The third-order valence-corrected chi connectivity index (χ3v) is 4.94. The summed E-state index contributed by atoms with van der Waals surface area (Å²) in [5.74, 6) is 0.904. The second-order valence-corrected chi connectivity index (χ2v) is 7.11. The van der Waals surface area contributed by atoms with Gasteiger partial charge < -0.3 is 10.1 Å². The predicted octanol–water partition coefficient (Wildman–Crippen LogP) is 1.20. The fourth-order valence-electron chi connectivity index (χ4n) is 2.05. The summed E-state index contributed by atoms with van der Waals surface area (Å²) in [7, 11) is -3.45. The molecule has 1 amide bonds. The highest BCUT2D eigenvalue weighted by atomic mass is 32.2. The van der Waals surface area contributed by atoms with Crippen molar-refractivity contribution in [3.8, 4) is 5.75 Å². The summed E-state index contributed by atoms with van der Waals surface area (Å²) < 4.78 is 31.8. The van der Waals surface area contributed by atoms with E-state index in [1.807, 2.05) is 0 Å². The first kappa shape index (κ1) is 16.8. The van der Waals surface area contributed by atoms with E-state index in [1.54, 1.807) is 26.0 Å². The molecule has 1 saturated carbocycles. The fourth-order valence-corrected chi connectivity index (χ4v) is 3.18. The van der Waals surface area contributed by atoms with Gasteiger partial charge in [0.2, 0.25) is 15.9 Å². The van der Waals surface area contributed by atoms with Gasteiger partial charge in [-0.15, -0.1) is 0 Å². The molecular weight excluding hydrogens is 304 g/mol. The first-order valence-corrected chi connectivity index (χ1v) is 8.93. The van der Waals surface area contributed by atoms with E-state index in [1.165, 1.54) is 6.07 Å². The van der Waals surface area contributed by atoms with Gasteiger partial charge in [-0.1, -0.05) is 6.92 Å².